The minimum absolute atomic E-state index is 0.122. The van der Waals surface area contributed by atoms with Gasteiger partial charge < -0.3 is 39.7 Å². The van der Waals surface area contributed by atoms with Gasteiger partial charge in [0.25, 0.3) is 0 Å². The third-order valence-corrected chi connectivity index (χ3v) is 8.99. The van der Waals surface area contributed by atoms with Crippen molar-refractivity contribution in [3.8, 4) is 0 Å². The molecule has 35 heavy (non-hydrogen) atoms. The topological polar surface area (TPSA) is 146 Å². The van der Waals surface area contributed by atoms with Crippen LogP contribution in [0.15, 0.2) is 23.8 Å². The van der Waals surface area contributed by atoms with E-state index in [0.29, 0.717) is 31.4 Å². The summed E-state index contributed by atoms with van der Waals surface area (Å²) in [5.41, 5.74) is 1.13. The molecule has 10 atom stereocenters. The van der Waals surface area contributed by atoms with Crippen molar-refractivity contribution in [3.05, 3.63) is 23.8 Å². The van der Waals surface area contributed by atoms with E-state index in [1.807, 2.05) is 6.08 Å². The number of carbonyl (C=O) groups is 1. The molecular weight excluding hydrogens is 456 g/mol. The molecule has 2 aliphatic heterocycles. The Morgan fingerprint density at radius 1 is 1.14 bits per heavy atom. The van der Waals surface area contributed by atoms with Gasteiger partial charge in [0.1, 0.15) is 31.0 Å². The average molecular weight is 497 g/mol. The molecule has 0 amide bonds. The second-order valence-corrected chi connectivity index (χ2v) is 11.4. The molecule has 2 aliphatic carbocycles. The second-order valence-electron chi connectivity index (χ2n) is 11.4. The van der Waals surface area contributed by atoms with E-state index in [1.54, 1.807) is 0 Å². The summed E-state index contributed by atoms with van der Waals surface area (Å²) in [4.78, 5) is 11.9. The average Bonchev–Trinajstić information content (AvgIpc) is 3.20. The van der Waals surface area contributed by atoms with Crippen molar-refractivity contribution < 1.29 is 44.5 Å². The van der Waals surface area contributed by atoms with Crippen LogP contribution in [-0.2, 0) is 19.0 Å². The van der Waals surface area contributed by atoms with Gasteiger partial charge in [0, 0.05) is 5.57 Å². The zero-order chi connectivity index (χ0) is 25.5. The predicted molar refractivity (Wildman–Crippen MR) is 125 cm³/mol. The molecular formula is C26H40O9. The number of esters is 1. The van der Waals surface area contributed by atoms with E-state index in [2.05, 4.69) is 20.4 Å². The minimum atomic E-state index is -1.50. The summed E-state index contributed by atoms with van der Waals surface area (Å²) in [5, 5.41) is 51.0. The highest BCUT2D eigenvalue weighted by Gasteiger charge is 2.57. The quantitative estimate of drug-likeness (QED) is 0.255. The Labute approximate surface area is 206 Å². The van der Waals surface area contributed by atoms with Gasteiger partial charge >= 0.3 is 5.97 Å². The Bertz CT molecular complexity index is 841. The lowest BCUT2D eigenvalue weighted by atomic mass is 9.46. The van der Waals surface area contributed by atoms with E-state index in [0.717, 1.165) is 24.8 Å². The number of ether oxygens (including phenoxy) is 3. The summed E-state index contributed by atoms with van der Waals surface area (Å²) < 4.78 is 16.6. The van der Waals surface area contributed by atoms with Crippen molar-refractivity contribution in [2.45, 2.75) is 89.2 Å². The summed E-state index contributed by atoms with van der Waals surface area (Å²) >= 11 is 0. The Kier molecular flexibility index (Phi) is 7.79. The first kappa shape index (κ1) is 26.7. The fourth-order valence-electron chi connectivity index (χ4n) is 7.30. The van der Waals surface area contributed by atoms with Gasteiger partial charge in [-0.15, -0.1) is 0 Å². The van der Waals surface area contributed by atoms with Crippen LogP contribution in [-0.4, -0.2) is 88.1 Å². The van der Waals surface area contributed by atoms with Gasteiger partial charge in [0.05, 0.1) is 19.3 Å². The number of hydrogen-bond acceptors (Lipinski definition) is 9. The molecule has 9 heteroatoms. The predicted octanol–water partition coefficient (Wildman–Crippen LogP) is 0.816. The number of cyclic esters (lactones) is 1. The number of fused-ring (bicyclic) bond motifs is 1. The van der Waals surface area contributed by atoms with Gasteiger partial charge in [-0.25, -0.2) is 4.79 Å². The summed E-state index contributed by atoms with van der Waals surface area (Å²) in [6, 6.07) is 0. The molecule has 0 aromatic heterocycles. The van der Waals surface area contributed by atoms with E-state index in [9.17, 15) is 30.3 Å². The first-order valence-electron chi connectivity index (χ1n) is 12.6. The molecule has 3 fully saturated rings. The molecule has 2 saturated carbocycles. The number of rotatable bonds is 7. The monoisotopic (exact) mass is 496 g/mol. The van der Waals surface area contributed by atoms with Crippen molar-refractivity contribution in [3.63, 3.8) is 0 Å². The number of hydrogen-bond donors (Lipinski definition) is 5. The van der Waals surface area contributed by atoms with Crippen LogP contribution in [0.3, 0.4) is 0 Å². The maximum atomic E-state index is 11.9. The van der Waals surface area contributed by atoms with Crippen molar-refractivity contribution in [2.24, 2.45) is 22.7 Å². The van der Waals surface area contributed by atoms with Crippen LogP contribution in [0.4, 0.5) is 0 Å². The van der Waals surface area contributed by atoms with Crippen LogP contribution in [0.2, 0.25) is 0 Å². The third-order valence-electron chi connectivity index (χ3n) is 8.99. The summed E-state index contributed by atoms with van der Waals surface area (Å²) in [6.45, 7) is 8.60. The molecule has 0 radical (unpaired) electrons. The first-order valence-corrected chi connectivity index (χ1v) is 12.6. The number of carbonyl (C=O) groups excluding carboxylic acids is 1. The van der Waals surface area contributed by atoms with Crippen LogP contribution in [0.1, 0.15) is 52.4 Å². The van der Waals surface area contributed by atoms with E-state index in [4.69, 9.17) is 14.2 Å². The van der Waals surface area contributed by atoms with E-state index >= 15 is 0 Å². The molecule has 0 aromatic carbocycles. The van der Waals surface area contributed by atoms with Gasteiger partial charge in [0.15, 0.2) is 6.29 Å². The second kappa shape index (κ2) is 10.2. The molecule has 2 heterocycles. The normalized spacial score (nSPS) is 46.2. The molecule has 4 aliphatic rings. The van der Waals surface area contributed by atoms with Gasteiger partial charge in [-0.3, -0.25) is 0 Å². The fraction of sp³-hybridized carbons (Fsp3) is 0.808. The molecule has 1 saturated heterocycles. The number of allylic oxidation sites excluding steroid dienone is 1. The molecule has 5 N–H and O–H groups in total. The van der Waals surface area contributed by atoms with Crippen molar-refractivity contribution in [1.82, 2.24) is 0 Å². The molecule has 0 bridgehead atoms. The van der Waals surface area contributed by atoms with E-state index in [1.165, 1.54) is 0 Å². The SMILES string of the molecule is C=C1CC[C@@H]2[C@](C)(CO[C@@H]3O[C@H](CO)[C@H](O)[C@H](O)[C@H]3O)C[C@@H](O)C[C@@]2(C)[C@@H]1CCC1=CCOC1=O. The lowest BCUT2D eigenvalue weighted by Crippen LogP contribution is -2.60. The Hall–Kier alpha value is -1.33. The van der Waals surface area contributed by atoms with Gasteiger partial charge in [-0.1, -0.05) is 26.0 Å². The highest BCUT2D eigenvalue weighted by atomic mass is 16.7. The smallest absolute Gasteiger partial charge is 0.334 e. The zero-order valence-electron chi connectivity index (χ0n) is 20.6. The number of aliphatic hydroxyl groups excluding tert-OH is 5. The lowest BCUT2D eigenvalue weighted by Gasteiger charge is -2.60. The Balaban J connectivity index is 1.50. The minimum Gasteiger partial charge on any atom is -0.458 e. The molecule has 0 spiro atoms. The van der Waals surface area contributed by atoms with Crippen molar-refractivity contribution in [2.75, 3.05) is 19.8 Å². The standard InChI is InChI=1S/C26H40O9/c1-14-4-7-19-25(2,13-34-24-22(31)21(30)20(29)18(12-27)35-24)10-16(28)11-26(19,3)17(14)6-5-15-8-9-33-23(15)32/h8,16-22,24,27-31H,1,4-7,9-13H2,2-3H3/t16-,17-,18-,19-,20+,21+,22-,24-,25+,26+/m1/s1. The molecule has 0 aromatic rings. The van der Waals surface area contributed by atoms with Crippen LogP contribution >= 0.6 is 0 Å². The number of aliphatic hydroxyl groups is 5. The van der Waals surface area contributed by atoms with Crippen LogP contribution < -0.4 is 0 Å². The first-order chi connectivity index (χ1) is 16.5. The van der Waals surface area contributed by atoms with Crippen molar-refractivity contribution in [1.29, 1.82) is 0 Å². The van der Waals surface area contributed by atoms with Gasteiger partial charge in [0.2, 0.25) is 0 Å². The highest BCUT2D eigenvalue weighted by molar-refractivity contribution is 5.90. The molecule has 198 valence electrons. The van der Waals surface area contributed by atoms with Crippen LogP contribution in [0.25, 0.3) is 0 Å². The van der Waals surface area contributed by atoms with Crippen LogP contribution in [0, 0.1) is 22.7 Å². The largest absolute Gasteiger partial charge is 0.458 e. The van der Waals surface area contributed by atoms with E-state index < -0.39 is 48.8 Å². The summed E-state index contributed by atoms with van der Waals surface area (Å²) in [7, 11) is 0. The molecule has 4 rings (SSSR count). The summed E-state index contributed by atoms with van der Waals surface area (Å²) in [5.74, 6) is 0.0509. The Morgan fingerprint density at radius 3 is 2.54 bits per heavy atom. The maximum absolute atomic E-state index is 11.9. The summed E-state index contributed by atoms with van der Waals surface area (Å²) in [6.07, 6.45) is -1.13. The lowest BCUT2D eigenvalue weighted by molar-refractivity contribution is -0.310. The van der Waals surface area contributed by atoms with Gasteiger partial charge in [-0.2, -0.15) is 0 Å². The Morgan fingerprint density at radius 2 is 1.89 bits per heavy atom. The highest BCUT2D eigenvalue weighted by Crippen LogP contribution is 2.62. The maximum Gasteiger partial charge on any atom is 0.334 e. The van der Waals surface area contributed by atoms with Crippen molar-refractivity contribution >= 4 is 5.97 Å². The van der Waals surface area contributed by atoms with Gasteiger partial charge in [-0.05, 0) is 67.3 Å². The van der Waals surface area contributed by atoms with E-state index in [-0.39, 0.29) is 29.8 Å². The van der Waals surface area contributed by atoms with Crippen LogP contribution in [0.5, 0.6) is 0 Å². The third kappa shape index (κ3) is 4.97. The molecule has 0 unspecified atom stereocenters. The molecule has 9 nitrogen and oxygen atoms in total. The fourth-order valence-corrected chi connectivity index (χ4v) is 7.30. The zero-order valence-corrected chi connectivity index (χ0v) is 20.6.